The molecule has 8 heteroatoms. The van der Waals surface area contributed by atoms with E-state index in [1.807, 2.05) is 0 Å². The lowest BCUT2D eigenvalue weighted by atomic mass is 10.2. The highest BCUT2D eigenvalue weighted by atomic mass is 35.5. The van der Waals surface area contributed by atoms with Crippen LogP contribution in [0.2, 0.25) is 5.15 Å². The molecule has 1 aromatic heterocycles. The Morgan fingerprint density at radius 3 is 2.78 bits per heavy atom. The maximum Gasteiger partial charge on any atom is 0.314 e. The van der Waals surface area contributed by atoms with Crippen molar-refractivity contribution < 1.29 is 13.7 Å². The molecule has 1 aliphatic heterocycles. The maximum atomic E-state index is 13.1. The van der Waals surface area contributed by atoms with Crippen LogP contribution in [0.1, 0.15) is 12.0 Å². The Morgan fingerprint density at radius 2 is 2.28 bits per heavy atom. The van der Waals surface area contributed by atoms with E-state index in [1.165, 1.54) is 17.9 Å². The molecule has 0 N–H and O–H groups in total. The Kier molecular flexibility index (Phi) is 3.10. The fourth-order valence-corrected chi connectivity index (χ4v) is 2.22. The second-order valence-electron chi connectivity index (χ2n) is 4.22. The van der Waals surface area contributed by atoms with Gasteiger partial charge in [0, 0.05) is 18.5 Å². The number of nitrogens with zero attached hydrogens (tertiary/aromatic N) is 3. The van der Waals surface area contributed by atoms with Gasteiger partial charge in [0.2, 0.25) is 5.82 Å². The van der Waals surface area contributed by atoms with Crippen LogP contribution in [-0.2, 0) is 0 Å². The predicted molar refractivity (Wildman–Crippen MR) is 62.4 cm³/mol. The van der Waals surface area contributed by atoms with Gasteiger partial charge in [-0.3, -0.25) is 10.1 Å². The zero-order chi connectivity index (χ0) is 13.5. The minimum atomic E-state index is -2.84. The molecule has 5 nitrogen and oxygen atoms in total. The topological polar surface area (TPSA) is 59.3 Å². The van der Waals surface area contributed by atoms with Crippen molar-refractivity contribution in [3.63, 3.8) is 0 Å². The molecule has 98 valence electrons. The third kappa shape index (κ3) is 2.35. The van der Waals surface area contributed by atoms with Crippen LogP contribution >= 0.6 is 11.6 Å². The highest BCUT2D eigenvalue weighted by Crippen LogP contribution is 2.37. The Bertz CT molecular complexity index is 510. The van der Waals surface area contributed by atoms with E-state index in [0.29, 0.717) is 5.56 Å². The molecular weight excluding hydrogens is 268 g/mol. The molecule has 2 rings (SSSR count). The smallest absolute Gasteiger partial charge is 0.314 e. The van der Waals surface area contributed by atoms with Gasteiger partial charge < -0.3 is 4.90 Å². The van der Waals surface area contributed by atoms with E-state index in [0.717, 1.165) is 0 Å². The molecule has 1 saturated heterocycles. The fraction of sp³-hybridized carbons (Fsp3) is 0.500. The summed E-state index contributed by atoms with van der Waals surface area (Å²) in [4.78, 5) is 15.4. The maximum absolute atomic E-state index is 13.1. The molecule has 0 saturated carbocycles. The molecule has 2 heterocycles. The third-order valence-electron chi connectivity index (χ3n) is 2.79. The number of aromatic nitrogens is 1. The summed E-state index contributed by atoms with van der Waals surface area (Å²) in [6.07, 6.45) is -0.336. The first-order valence-electron chi connectivity index (χ1n) is 5.24. The lowest BCUT2D eigenvalue weighted by Crippen LogP contribution is -2.26. The first-order valence-corrected chi connectivity index (χ1v) is 5.62. The van der Waals surface area contributed by atoms with E-state index >= 15 is 0 Å². The van der Waals surface area contributed by atoms with Crippen molar-refractivity contribution in [2.45, 2.75) is 19.3 Å². The molecule has 1 fully saturated rings. The molecule has 0 spiro atoms. The molecule has 1 aromatic rings. The average molecular weight is 278 g/mol. The highest BCUT2D eigenvalue weighted by molar-refractivity contribution is 6.29. The minimum absolute atomic E-state index is 0.0284. The Balaban J connectivity index is 2.47. The number of nitro groups is 1. The van der Waals surface area contributed by atoms with Gasteiger partial charge in [-0.2, -0.15) is 0 Å². The molecular formula is C10H10ClF2N3O2. The van der Waals surface area contributed by atoms with Gasteiger partial charge in [-0.1, -0.05) is 11.6 Å². The zero-order valence-electron chi connectivity index (χ0n) is 9.49. The number of anilines is 1. The van der Waals surface area contributed by atoms with Crippen molar-refractivity contribution >= 4 is 23.1 Å². The molecule has 1 aliphatic rings. The molecule has 0 amide bonds. The SMILES string of the molecule is Cc1cc(Cl)nc(N2CCC(F)(F)C2)c1[N+](=O)[O-]. The number of alkyl halides is 2. The van der Waals surface area contributed by atoms with Gasteiger partial charge in [-0.15, -0.1) is 0 Å². The summed E-state index contributed by atoms with van der Waals surface area (Å²) < 4.78 is 26.3. The number of hydrogen-bond acceptors (Lipinski definition) is 4. The third-order valence-corrected chi connectivity index (χ3v) is 2.98. The second kappa shape index (κ2) is 4.31. The van der Waals surface area contributed by atoms with Crippen LogP contribution in [0.5, 0.6) is 0 Å². The van der Waals surface area contributed by atoms with E-state index in [1.54, 1.807) is 0 Å². The normalized spacial score (nSPS) is 18.1. The van der Waals surface area contributed by atoms with Gasteiger partial charge in [-0.05, 0) is 13.0 Å². The number of hydrogen-bond donors (Lipinski definition) is 0. The van der Waals surface area contributed by atoms with Crippen LogP contribution in [0.3, 0.4) is 0 Å². The first kappa shape index (κ1) is 12.9. The van der Waals surface area contributed by atoms with Crippen molar-refractivity contribution in [2.24, 2.45) is 0 Å². The first-order chi connectivity index (χ1) is 8.30. The molecule has 0 unspecified atom stereocenters. The van der Waals surface area contributed by atoms with E-state index in [-0.39, 0.29) is 29.6 Å². The van der Waals surface area contributed by atoms with E-state index in [4.69, 9.17) is 11.6 Å². The largest absolute Gasteiger partial charge is 0.345 e. The van der Waals surface area contributed by atoms with Crippen LogP contribution in [0.4, 0.5) is 20.3 Å². The number of pyridine rings is 1. The molecule has 18 heavy (non-hydrogen) atoms. The van der Waals surface area contributed by atoms with Gasteiger partial charge in [0.15, 0.2) is 0 Å². The summed E-state index contributed by atoms with van der Waals surface area (Å²) in [6, 6.07) is 1.34. The van der Waals surface area contributed by atoms with Crippen molar-refractivity contribution in [3.05, 3.63) is 26.9 Å². The molecule has 0 bridgehead atoms. The Hall–Kier alpha value is -1.50. The summed E-state index contributed by atoms with van der Waals surface area (Å²) in [5.74, 6) is -2.92. The highest BCUT2D eigenvalue weighted by Gasteiger charge is 2.41. The summed E-state index contributed by atoms with van der Waals surface area (Å²) in [5.41, 5.74) is 0.0438. The molecule has 0 aliphatic carbocycles. The van der Waals surface area contributed by atoms with Crippen molar-refractivity contribution in [3.8, 4) is 0 Å². The van der Waals surface area contributed by atoms with Gasteiger partial charge in [-0.25, -0.2) is 13.8 Å². The molecule has 0 aromatic carbocycles. The average Bonchev–Trinajstić information content (AvgIpc) is 2.56. The van der Waals surface area contributed by atoms with Gasteiger partial charge in [0.1, 0.15) is 5.15 Å². The minimum Gasteiger partial charge on any atom is -0.345 e. The van der Waals surface area contributed by atoms with E-state index in [9.17, 15) is 18.9 Å². The van der Waals surface area contributed by atoms with Crippen LogP contribution in [0, 0.1) is 17.0 Å². The zero-order valence-corrected chi connectivity index (χ0v) is 10.2. The standard InChI is InChI=1S/C10H10ClF2N3O2/c1-6-4-7(11)14-9(8(6)16(17)18)15-3-2-10(12,13)5-15/h4H,2-3,5H2,1H3. The Labute approximate surface area is 107 Å². The van der Waals surface area contributed by atoms with Gasteiger partial charge in [0.25, 0.3) is 5.92 Å². The summed E-state index contributed by atoms with van der Waals surface area (Å²) in [6.45, 7) is 0.963. The second-order valence-corrected chi connectivity index (χ2v) is 4.61. The number of halogens is 3. The van der Waals surface area contributed by atoms with Crippen LogP contribution in [0.25, 0.3) is 0 Å². The molecule has 0 radical (unpaired) electrons. The Morgan fingerprint density at radius 1 is 1.61 bits per heavy atom. The summed E-state index contributed by atoms with van der Waals surface area (Å²) in [7, 11) is 0. The van der Waals surface area contributed by atoms with Crippen LogP contribution in [0.15, 0.2) is 6.07 Å². The molecule has 0 atom stereocenters. The van der Waals surface area contributed by atoms with Crippen LogP contribution < -0.4 is 4.90 Å². The van der Waals surface area contributed by atoms with E-state index < -0.39 is 17.4 Å². The van der Waals surface area contributed by atoms with Crippen LogP contribution in [-0.4, -0.2) is 28.9 Å². The fourth-order valence-electron chi connectivity index (χ4n) is 1.97. The van der Waals surface area contributed by atoms with Gasteiger partial charge >= 0.3 is 5.69 Å². The van der Waals surface area contributed by atoms with Gasteiger partial charge in [0.05, 0.1) is 11.5 Å². The predicted octanol–water partition coefficient (Wildman–Crippen LogP) is 2.80. The number of aryl methyl sites for hydroxylation is 1. The van der Waals surface area contributed by atoms with Crippen molar-refractivity contribution in [1.82, 2.24) is 4.98 Å². The summed E-state index contributed by atoms with van der Waals surface area (Å²) >= 11 is 5.73. The van der Waals surface area contributed by atoms with Crippen molar-refractivity contribution in [2.75, 3.05) is 18.0 Å². The lowest BCUT2D eigenvalue weighted by molar-refractivity contribution is -0.384. The van der Waals surface area contributed by atoms with E-state index in [2.05, 4.69) is 4.98 Å². The quantitative estimate of drug-likeness (QED) is 0.474. The summed E-state index contributed by atoms with van der Waals surface area (Å²) in [5, 5.41) is 11.0. The lowest BCUT2D eigenvalue weighted by Gasteiger charge is -2.17. The monoisotopic (exact) mass is 277 g/mol. The number of rotatable bonds is 2. The van der Waals surface area contributed by atoms with Crippen molar-refractivity contribution in [1.29, 1.82) is 0 Å².